The summed E-state index contributed by atoms with van der Waals surface area (Å²) in [7, 11) is 0. The van der Waals surface area contributed by atoms with Crippen molar-refractivity contribution < 1.29 is 0 Å². The summed E-state index contributed by atoms with van der Waals surface area (Å²) in [5.41, 5.74) is 17.1. The molecule has 11 rings (SSSR count). The smallest absolute Gasteiger partial charge is 0.187 e. The van der Waals surface area contributed by atoms with Gasteiger partial charge in [-0.1, -0.05) is 146 Å². The Morgan fingerprint density at radius 2 is 1.12 bits per heavy atom. The number of nitrogens with zero attached hydrogens (tertiary/aromatic N) is 2. The van der Waals surface area contributed by atoms with Gasteiger partial charge < -0.3 is 0 Å². The highest BCUT2D eigenvalue weighted by molar-refractivity contribution is 7.26. The van der Waals surface area contributed by atoms with E-state index in [4.69, 9.17) is 11.6 Å². The minimum Gasteiger partial charge on any atom is -0.256 e. The predicted octanol–water partition coefficient (Wildman–Crippen LogP) is 13.3. The molecule has 0 aliphatic heterocycles. The number of rotatable bonds is 2. The van der Waals surface area contributed by atoms with Crippen LogP contribution in [0.5, 0.6) is 0 Å². The van der Waals surface area contributed by atoms with Crippen molar-refractivity contribution in [1.29, 1.82) is 0 Å². The van der Waals surface area contributed by atoms with Gasteiger partial charge in [-0.05, 0) is 79.4 Å². The number of benzene rings is 7. The molecule has 2 aliphatic carbocycles. The maximum Gasteiger partial charge on any atom is 0.187 e. The van der Waals surface area contributed by atoms with E-state index in [9.17, 15) is 0 Å². The van der Waals surface area contributed by atoms with Gasteiger partial charge in [0.15, 0.2) is 5.69 Å². The van der Waals surface area contributed by atoms with Crippen molar-refractivity contribution in [2.75, 3.05) is 0 Å². The van der Waals surface area contributed by atoms with E-state index in [1.165, 1.54) is 75.8 Å². The SMILES string of the molecule is [C-]#[N+]c1ccc(-c2ccc(-c3ccc4c(c3)C3(c5ccccc5-c5ccccc5-4)c4ccccc4-c4c3ccc3c4sc4ccccc43)cn2)cc1. The summed E-state index contributed by atoms with van der Waals surface area (Å²) in [6.45, 7) is 7.31. The molecule has 2 nitrogen and oxygen atoms in total. The molecule has 7 aromatic carbocycles. The standard InChI is InChI=1S/C49H28N2S/c1-50-33-22-18-30(19-23-33)45-27-21-32(29-51-45)31-20-24-37-35-11-3-2-10-34(35)36-12-4-7-15-41(36)49(44(37)28-31)42-16-8-5-14-40(42)47-43(49)26-25-39-38-13-6-9-17-46(38)52-48(39)47/h2-29H. The van der Waals surface area contributed by atoms with Gasteiger partial charge in [0.05, 0.1) is 17.7 Å². The van der Waals surface area contributed by atoms with Crippen LogP contribution >= 0.6 is 11.3 Å². The monoisotopic (exact) mass is 676 g/mol. The van der Waals surface area contributed by atoms with Gasteiger partial charge in [0, 0.05) is 37.5 Å². The van der Waals surface area contributed by atoms with Gasteiger partial charge in [-0.2, -0.15) is 0 Å². The van der Waals surface area contributed by atoms with Crippen LogP contribution in [-0.4, -0.2) is 4.98 Å². The van der Waals surface area contributed by atoms with Gasteiger partial charge in [0.1, 0.15) is 0 Å². The number of hydrogen-bond acceptors (Lipinski definition) is 2. The van der Waals surface area contributed by atoms with E-state index in [1.54, 1.807) is 0 Å². The van der Waals surface area contributed by atoms with E-state index < -0.39 is 5.41 Å². The summed E-state index contributed by atoms with van der Waals surface area (Å²) in [6, 6.07) is 59.7. The van der Waals surface area contributed by atoms with Gasteiger partial charge in [0.2, 0.25) is 0 Å². The second kappa shape index (κ2) is 10.9. The lowest BCUT2D eigenvalue weighted by atomic mass is 9.65. The summed E-state index contributed by atoms with van der Waals surface area (Å²) in [4.78, 5) is 8.47. The molecule has 1 spiro atoms. The molecule has 1 atom stereocenters. The zero-order valence-corrected chi connectivity index (χ0v) is 28.8. The van der Waals surface area contributed by atoms with Crippen molar-refractivity contribution in [3.05, 3.63) is 204 Å². The minimum absolute atomic E-state index is 0.560. The Bertz CT molecular complexity index is 2960. The highest BCUT2D eigenvalue weighted by Crippen LogP contribution is 2.63. The average molecular weight is 677 g/mol. The molecule has 0 radical (unpaired) electrons. The van der Waals surface area contributed by atoms with Crippen LogP contribution in [-0.2, 0) is 5.41 Å². The fourth-order valence-corrected chi connectivity index (χ4v) is 10.2. The van der Waals surface area contributed by atoms with Crippen molar-refractivity contribution >= 4 is 37.2 Å². The van der Waals surface area contributed by atoms with Gasteiger partial charge in [-0.3, -0.25) is 4.98 Å². The fraction of sp³-hybridized carbons (Fsp3) is 0.0204. The number of thiophene rings is 1. The Kier molecular flexibility index (Phi) is 6.14. The Hall–Kier alpha value is -6.60. The summed E-state index contributed by atoms with van der Waals surface area (Å²) in [5.74, 6) is 0. The van der Waals surface area contributed by atoms with Crippen LogP contribution in [0.4, 0.5) is 5.69 Å². The normalized spacial score (nSPS) is 15.0. The molecule has 0 bridgehead atoms. The molecule has 0 saturated carbocycles. The number of pyridine rings is 1. The molecular weight excluding hydrogens is 649 g/mol. The molecule has 0 amide bonds. The lowest BCUT2D eigenvalue weighted by Crippen LogP contribution is -2.29. The van der Waals surface area contributed by atoms with Crippen LogP contribution in [0.1, 0.15) is 22.3 Å². The maximum absolute atomic E-state index is 7.31. The average Bonchev–Trinajstić information content (AvgIpc) is 3.71. The summed E-state index contributed by atoms with van der Waals surface area (Å²) < 4.78 is 2.67. The first-order chi connectivity index (χ1) is 25.7. The van der Waals surface area contributed by atoms with Gasteiger partial charge in [-0.25, -0.2) is 4.85 Å². The Balaban J connectivity index is 1.22. The summed E-state index contributed by atoms with van der Waals surface area (Å²) in [6.07, 6.45) is 1.99. The van der Waals surface area contributed by atoms with Crippen molar-refractivity contribution in [2.24, 2.45) is 0 Å². The van der Waals surface area contributed by atoms with Crippen LogP contribution in [0.15, 0.2) is 170 Å². The highest BCUT2D eigenvalue weighted by atomic mass is 32.1. The second-order valence-corrected chi connectivity index (χ2v) is 14.8. The van der Waals surface area contributed by atoms with Crippen LogP contribution < -0.4 is 0 Å². The van der Waals surface area contributed by atoms with Gasteiger partial charge in [0.25, 0.3) is 0 Å². The first kappa shape index (κ1) is 29.2. The van der Waals surface area contributed by atoms with E-state index in [-0.39, 0.29) is 0 Å². The lowest BCUT2D eigenvalue weighted by Gasteiger charge is -2.35. The van der Waals surface area contributed by atoms with Crippen molar-refractivity contribution in [3.63, 3.8) is 0 Å². The van der Waals surface area contributed by atoms with E-state index in [1.807, 2.05) is 41.8 Å². The van der Waals surface area contributed by atoms with E-state index in [0.29, 0.717) is 5.69 Å². The fourth-order valence-electron chi connectivity index (χ4n) is 8.98. The van der Waals surface area contributed by atoms with Crippen LogP contribution in [0, 0.1) is 6.57 Å². The molecule has 2 aromatic heterocycles. The summed E-state index contributed by atoms with van der Waals surface area (Å²) in [5, 5.41) is 2.64. The molecule has 9 aromatic rings. The number of fused-ring (bicyclic) bond motifs is 16. The van der Waals surface area contributed by atoms with Crippen molar-refractivity contribution in [2.45, 2.75) is 5.41 Å². The first-order valence-electron chi connectivity index (χ1n) is 17.6. The molecule has 52 heavy (non-hydrogen) atoms. The number of hydrogen-bond donors (Lipinski definition) is 0. The zero-order valence-electron chi connectivity index (χ0n) is 28.0. The second-order valence-electron chi connectivity index (χ2n) is 13.7. The topological polar surface area (TPSA) is 17.2 Å². The van der Waals surface area contributed by atoms with Crippen LogP contribution in [0.3, 0.4) is 0 Å². The van der Waals surface area contributed by atoms with Crippen LogP contribution in [0.2, 0.25) is 0 Å². The van der Waals surface area contributed by atoms with Gasteiger partial charge >= 0.3 is 0 Å². The molecule has 1 unspecified atom stereocenters. The number of aromatic nitrogens is 1. The van der Waals surface area contributed by atoms with Gasteiger partial charge in [-0.15, -0.1) is 11.3 Å². The third-order valence-electron chi connectivity index (χ3n) is 11.2. The van der Waals surface area contributed by atoms with Crippen molar-refractivity contribution in [3.8, 4) is 55.8 Å². The Morgan fingerprint density at radius 3 is 1.87 bits per heavy atom. The molecule has 2 aliphatic rings. The Morgan fingerprint density at radius 1 is 0.481 bits per heavy atom. The third kappa shape index (κ3) is 3.90. The highest BCUT2D eigenvalue weighted by Gasteiger charge is 2.50. The molecule has 2 heterocycles. The zero-order chi connectivity index (χ0) is 34.4. The quantitative estimate of drug-likeness (QED) is 0.167. The largest absolute Gasteiger partial charge is 0.256 e. The third-order valence-corrected chi connectivity index (χ3v) is 12.4. The minimum atomic E-state index is -0.560. The van der Waals surface area contributed by atoms with Crippen LogP contribution in [0.25, 0.3) is 80.8 Å². The molecular formula is C49H28N2S. The first-order valence-corrected chi connectivity index (χ1v) is 18.4. The van der Waals surface area contributed by atoms with E-state index in [0.717, 1.165) is 22.4 Å². The Labute approximate surface area is 305 Å². The maximum atomic E-state index is 7.31. The lowest BCUT2D eigenvalue weighted by molar-refractivity contribution is 0.776. The molecule has 3 heteroatoms. The molecule has 0 saturated heterocycles. The van der Waals surface area contributed by atoms with E-state index in [2.05, 4.69) is 144 Å². The predicted molar refractivity (Wildman–Crippen MR) is 216 cm³/mol. The molecule has 0 fully saturated rings. The molecule has 0 N–H and O–H groups in total. The molecule has 240 valence electrons. The van der Waals surface area contributed by atoms with E-state index >= 15 is 0 Å². The van der Waals surface area contributed by atoms with Crippen molar-refractivity contribution in [1.82, 2.24) is 4.98 Å². The summed E-state index contributed by atoms with van der Waals surface area (Å²) >= 11 is 1.91.